The van der Waals surface area contributed by atoms with Crippen molar-refractivity contribution in [3.05, 3.63) is 11.1 Å². The third-order valence-electron chi connectivity index (χ3n) is 2.03. The second-order valence-corrected chi connectivity index (χ2v) is 3.85. The van der Waals surface area contributed by atoms with Gasteiger partial charge in [-0.05, 0) is 12.8 Å². The van der Waals surface area contributed by atoms with E-state index in [1.807, 2.05) is 7.05 Å². The van der Waals surface area contributed by atoms with E-state index in [2.05, 4.69) is 9.88 Å². The van der Waals surface area contributed by atoms with E-state index >= 15 is 0 Å². The number of rotatable bonds is 3. The van der Waals surface area contributed by atoms with Gasteiger partial charge in [0.15, 0.2) is 11.4 Å². The summed E-state index contributed by atoms with van der Waals surface area (Å²) in [6.07, 6.45) is 3.31. The second kappa shape index (κ2) is 2.86. The predicted octanol–water partition coefficient (Wildman–Crippen LogP) is 1.55. The van der Waals surface area contributed by atoms with Gasteiger partial charge < -0.3 is 4.90 Å². The molecule has 0 aromatic carbocycles. The summed E-state index contributed by atoms with van der Waals surface area (Å²) < 4.78 is 0. The number of thiazole rings is 1. The molecule has 0 unspecified atom stereocenters. The Labute approximate surface area is 75.0 Å². The van der Waals surface area contributed by atoms with Gasteiger partial charge in [-0.15, -0.1) is 11.3 Å². The molecule has 1 aromatic rings. The maximum atomic E-state index is 10.4. The minimum Gasteiger partial charge on any atom is -0.348 e. The van der Waals surface area contributed by atoms with Gasteiger partial charge in [0.05, 0.1) is 0 Å². The number of anilines is 1. The van der Waals surface area contributed by atoms with Gasteiger partial charge in [0, 0.05) is 18.5 Å². The smallest absolute Gasteiger partial charge is 0.185 e. The number of aromatic nitrogens is 1. The van der Waals surface area contributed by atoms with E-state index < -0.39 is 0 Å². The molecule has 0 atom stereocenters. The van der Waals surface area contributed by atoms with Gasteiger partial charge in [0.25, 0.3) is 0 Å². The SMILES string of the molecule is CN(c1nc(C=O)cs1)C1CC1. The van der Waals surface area contributed by atoms with E-state index in [0.29, 0.717) is 11.7 Å². The summed E-state index contributed by atoms with van der Waals surface area (Å²) in [5, 5.41) is 2.75. The number of carbonyl (C=O) groups is 1. The zero-order chi connectivity index (χ0) is 8.55. The molecule has 2 rings (SSSR count). The maximum Gasteiger partial charge on any atom is 0.185 e. The van der Waals surface area contributed by atoms with Gasteiger partial charge in [0.1, 0.15) is 5.69 Å². The molecule has 0 saturated heterocycles. The molecule has 0 spiro atoms. The summed E-state index contributed by atoms with van der Waals surface area (Å²) in [4.78, 5) is 16.7. The molecule has 0 bridgehead atoms. The molecular weight excluding hydrogens is 172 g/mol. The first kappa shape index (κ1) is 7.73. The minimum atomic E-state index is 0.544. The first-order chi connectivity index (χ1) is 5.81. The molecule has 1 aliphatic rings. The van der Waals surface area contributed by atoms with Crippen molar-refractivity contribution >= 4 is 22.8 Å². The van der Waals surface area contributed by atoms with E-state index in [4.69, 9.17) is 0 Å². The number of carbonyl (C=O) groups excluding carboxylic acids is 1. The largest absolute Gasteiger partial charge is 0.348 e. The van der Waals surface area contributed by atoms with Crippen molar-refractivity contribution in [1.29, 1.82) is 0 Å². The Bertz CT molecular complexity index is 293. The fourth-order valence-electron chi connectivity index (χ4n) is 1.11. The van der Waals surface area contributed by atoms with E-state index in [1.54, 1.807) is 5.38 Å². The van der Waals surface area contributed by atoms with Crippen LogP contribution in [-0.4, -0.2) is 24.4 Å². The Morgan fingerprint density at radius 2 is 2.50 bits per heavy atom. The monoisotopic (exact) mass is 182 g/mol. The quantitative estimate of drug-likeness (QED) is 0.665. The Morgan fingerprint density at radius 1 is 1.75 bits per heavy atom. The molecule has 1 saturated carbocycles. The zero-order valence-corrected chi connectivity index (χ0v) is 7.67. The van der Waals surface area contributed by atoms with Crippen molar-refractivity contribution in [3.8, 4) is 0 Å². The maximum absolute atomic E-state index is 10.4. The topological polar surface area (TPSA) is 33.2 Å². The van der Waals surface area contributed by atoms with Crippen LogP contribution in [0.4, 0.5) is 5.13 Å². The highest BCUT2D eigenvalue weighted by Crippen LogP contribution is 2.31. The summed E-state index contributed by atoms with van der Waals surface area (Å²) in [6, 6.07) is 0.663. The summed E-state index contributed by atoms with van der Waals surface area (Å²) in [6.45, 7) is 0. The van der Waals surface area contributed by atoms with E-state index in [9.17, 15) is 4.79 Å². The van der Waals surface area contributed by atoms with E-state index in [-0.39, 0.29) is 0 Å². The van der Waals surface area contributed by atoms with Crippen LogP contribution >= 0.6 is 11.3 Å². The molecule has 0 amide bonds. The molecule has 0 N–H and O–H groups in total. The van der Waals surface area contributed by atoms with Crippen LogP contribution in [0.3, 0.4) is 0 Å². The van der Waals surface area contributed by atoms with Crippen molar-refractivity contribution < 1.29 is 4.79 Å². The van der Waals surface area contributed by atoms with Gasteiger partial charge >= 0.3 is 0 Å². The van der Waals surface area contributed by atoms with Crippen LogP contribution in [0.1, 0.15) is 23.3 Å². The normalized spacial score (nSPS) is 16.1. The third kappa shape index (κ3) is 1.34. The van der Waals surface area contributed by atoms with E-state index in [0.717, 1.165) is 11.4 Å². The van der Waals surface area contributed by atoms with Gasteiger partial charge in [-0.3, -0.25) is 4.79 Å². The van der Waals surface area contributed by atoms with Crippen molar-refractivity contribution in [2.24, 2.45) is 0 Å². The molecule has 3 nitrogen and oxygen atoms in total. The van der Waals surface area contributed by atoms with E-state index in [1.165, 1.54) is 24.2 Å². The van der Waals surface area contributed by atoms with Crippen molar-refractivity contribution in [2.75, 3.05) is 11.9 Å². The average molecular weight is 182 g/mol. The molecule has 4 heteroatoms. The summed E-state index contributed by atoms with van der Waals surface area (Å²) in [5.41, 5.74) is 0.544. The molecule has 0 aliphatic heterocycles. The van der Waals surface area contributed by atoms with Crippen LogP contribution in [-0.2, 0) is 0 Å². The lowest BCUT2D eigenvalue weighted by Crippen LogP contribution is -2.18. The molecule has 64 valence electrons. The first-order valence-electron chi connectivity index (χ1n) is 3.95. The van der Waals surface area contributed by atoms with Crippen molar-refractivity contribution in [3.63, 3.8) is 0 Å². The van der Waals surface area contributed by atoms with Crippen LogP contribution in [0, 0.1) is 0 Å². The van der Waals surface area contributed by atoms with Crippen LogP contribution < -0.4 is 4.90 Å². The number of aldehydes is 1. The Balaban J connectivity index is 2.15. The fraction of sp³-hybridized carbons (Fsp3) is 0.500. The minimum absolute atomic E-state index is 0.544. The second-order valence-electron chi connectivity index (χ2n) is 3.01. The number of hydrogen-bond acceptors (Lipinski definition) is 4. The standard InChI is InChI=1S/C8H10N2OS/c1-10(7-2-3-7)8-9-6(4-11)5-12-8/h4-5,7H,2-3H2,1H3. The molecule has 12 heavy (non-hydrogen) atoms. The highest BCUT2D eigenvalue weighted by atomic mass is 32.1. The summed E-state index contributed by atoms with van der Waals surface area (Å²) >= 11 is 1.53. The average Bonchev–Trinajstić information content (AvgIpc) is 2.82. The van der Waals surface area contributed by atoms with Gasteiger partial charge in [-0.2, -0.15) is 0 Å². The lowest BCUT2D eigenvalue weighted by molar-refractivity contribution is 0.111. The van der Waals surface area contributed by atoms with Gasteiger partial charge in [0.2, 0.25) is 0 Å². The van der Waals surface area contributed by atoms with Gasteiger partial charge in [-0.25, -0.2) is 4.98 Å². The summed E-state index contributed by atoms with van der Waals surface area (Å²) in [7, 11) is 2.03. The highest BCUT2D eigenvalue weighted by Gasteiger charge is 2.27. The number of nitrogens with zero attached hydrogens (tertiary/aromatic N) is 2. The zero-order valence-electron chi connectivity index (χ0n) is 6.86. The van der Waals surface area contributed by atoms with Gasteiger partial charge in [-0.1, -0.05) is 0 Å². The molecule has 0 radical (unpaired) electrons. The molecule has 1 aliphatic carbocycles. The Morgan fingerprint density at radius 3 is 3.00 bits per heavy atom. The van der Waals surface area contributed by atoms with Crippen LogP contribution in [0.25, 0.3) is 0 Å². The predicted molar refractivity (Wildman–Crippen MR) is 48.9 cm³/mol. The highest BCUT2D eigenvalue weighted by molar-refractivity contribution is 7.13. The molecule has 1 fully saturated rings. The van der Waals surface area contributed by atoms with Crippen LogP contribution in [0.2, 0.25) is 0 Å². The molecule has 1 heterocycles. The van der Waals surface area contributed by atoms with Crippen molar-refractivity contribution in [2.45, 2.75) is 18.9 Å². The number of hydrogen-bond donors (Lipinski definition) is 0. The lowest BCUT2D eigenvalue weighted by atomic mass is 10.6. The molecule has 1 aromatic heterocycles. The Hall–Kier alpha value is -0.900. The van der Waals surface area contributed by atoms with Crippen LogP contribution in [0.15, 0.2) is 5.38 Å². The van der Waals surface area contributed by atoms with Crippen LogP contribution in [0.5, 0.6) is 0 Å². The molecular formula is C8H10N2OS. The third-order valence-corrected chi connectivity index (χ3v) is 2.98. The Kier molecular flexibility index (Phi) is 1.84. The summed E-state index contributed by atoms with van der Waals surface area (Å²) in [5.74, 6) is 0. The fourth-order valence-corrected chi connectivity index (χ4v) is 1.92. The van der Waals surface area contributed by atoms with Crippen molar-refractivity contribution in [1.82, 2.24) is 4.98 Å². The lowest BCUT2D eigenvalue weighted by Gasteiger charge is -2.13. The first-order valence-corrected chi connectivity index (χ1v) is 4.83.